The van der Waals surface area contributed by atoms with Crippen LogP contribution in [-0.2, 0) is 13.0 Å². The molecule has 0 bridgehead atoms. The van der Waals surface area contributed by atoms with Crippen molar-refractivity contribution < 1.29 is 17.9 Å². The van der Waals surface area contributed by atoms with Crippen LogP contribution in [-0.4, -0.2) is 11.3 Å². The van der Waals surface area contributed by atoms with Gasteiger partial charge in [0.05, 0.1) is 29.6 Å². The number of halogens is 3. The lowest BCUT2D eigenvalue weighted by molar-refractivity contribution is -0.274. The third-order valence-electron chi connectivity index (χ3n) is 1.80. The maximum atomic E-state index is 12.1. The molecule has 0 amide bonds. The molecule has 0 unspecified atom stereocenters. The SMILES string of the molecule is N#CCc1cc(N)c(OC(F)(F)F)c(CN)n1. The number of alkyl halides is 3. The van der Waals surface area contributed by atoms with E-state index in [1.165, 1.54) is 0 Å². The first-order valence-corrected chi connectivity index (χ1v) is 4.48. The van der Waals surface area contributed by atoms with Gasteiger partial charge in [0.2, 0.25) is 0 Å². The summed E-state index contributed by atoms with van der Waals surface area (Å²) >= 11 is 0. The highest BCUT2D eigenvalue weighted by molar-refractivity contribution is 5.56. The van der Waals surface area contributed by atoms with Gasteiger partial charge in [-0.3, -0.25) is 4.98 Å². The maximum Gasteiger partial charge on any atom is 0.573 e. The van der Waals surface area contributed by atoms with Gasteiger partial charge in [0.1, 0.15) is 0 Å². The molecule has 8 heteroatoms. The predicted molar refractivity (Wildman–Crippen MR) is 52.5 cm³/mol. The van der Waals surface area contributed by atoms with Gasteiger partial charge in [-0.05, 0) is 6.07 Å². The van der Waals surface area contributed by atoms with E-state index in [0.29, 0.717) is 0 Å². The van der Waals surface area contributed by atoms with Gasteiger partial charge in [0, 0.05) is 6.54 Å². The molecule has 0 aliphatic rings. The quantitative estimate of drug-likeness (QED) is 0.831. The summed E-state index contributed by atoms with van der Waals surface area (Å²) < 4.78 is 40.0. The standard InChI is InChI=1S/C9H9F3N4O/c10-9(11,12)17-8-6(15)3-5(1-2-13)16-7(8)4-14/h3H,1,4,14H2,(H2,15,16). The fourth-order valence-corrected chi connectivity index (χ4v) is 1.21. The molecule has 0 fully saturated rings. The Hall–Kier alpha value is -2.01. The molecular weight excluding hydrogens is 237 g/mol. The summed E-state index contributed by atoms with van der Waals surface area (Å²) in [6.45, 7) is -0.269. The molecule has 0 saturated carbocycles. The van der Waals surface area contributed by atoms with Crippen LogP contribution >= 0.6 is 0 Å². The lowest BCUT2D eigenvalue weighted by Gasteiger charge is -2.14. The van der Waals surface area contributed by atoms with Gasteiger partial charge in [-0.2, -0.15) is 5.26 Å². The predicted octanol–water partition coefficient (Wildman–Crippen LogP) is 1.09. The van der Waals surface area contributed by atoms with Crippen molar-refractivity contribution in [1.82, 2.24) is 4.98 Å². The molecule has 0 saturated heterocycles. The number of aromatic nitrogens is 1. The van der Waals surface area contributed by atoms with Crippen LogP contribution in [0.15, 0.2) is 6.07 Å². The molecule has 92 valence electrons. The fraction of sp³-hybridized carbons (Fsp3) is 0.333. The number of anilines is 1. The summed E-state index contributed by atoms with van der Waals surface area (Å²) in [6, 6.07) is 2.96. The average Bonchev–Trinajstić information content (AvgIpc) is 2.20. The largest absolute Gasteiger partial charge is 0.573 e. The minimum atomic E-state index is -4.86. The van der Waals surface area contributed by atoms with Crippen molar-refractivity contribution in [1.29, 1.82) is 5.26 Å². The van der Waals surface area contributed by atoms with E-state index in [4.69, 9.17) is 16.7 Å². The van der Waals surface area contributed by atoms with Crippen molar-refractivity contribution in [2.45, 2.75) is 19.3 Å². The van der Waals surface area contributed by atoms with Gasteiger partial charge >= 0.3 is 6.36 Å². The van der Waals surface area contributed by atoms with Gasteiger partial charge < -0.3 is 16.2 Å². The van der Waals surface area contributed by atoms with Gasteiger partial charge in [-0.1, -0.05) is 0 Å². The first-order valence-electron chi connectivity index (χ1n) is 4.48. The summed E-state index contributed by atoms with van der Waals surface area (Å²) in [7, 11) is 0. The van der Waals surface area contributed by atoms with E-state index in [-0.39, 0.29) is 30.0 Å². The van der Waals surface area contributed by atoms with Crippen molar-refractivity contribution >= 4 is 5.69 Å². The first-order chi connectivity index (χ1) is 7.87. The molecule has 0 atom stereocenters. The van der Waals surface area contributed by atoms with Crippen molar-refractivity contribution in [3.05, 3.63) is 17.5 Å². The molecule has 1 rings (SSSR count). The summed E-state index contributed by atoms with van der Waals surface area (Å²) in [4.78, 5) is 3.77. The van der Waals surface area contributed by atoms with Gasteiger partial charge in [0.25, 0.3) is 0 Å². The molecule has 1 aromatic heterocycles. The molecule has 0 aliphatic heterocycles. The number of nitriles is 1. The van der Waals surface area contributed by atoms with E-state index in [1.54, 1.807) is 0 Å². The van der Waals surface area contributed by atoms with Crippen LogP contribution in [0.4, 0.5) is 18.9 Å². The number of rotatable bonds is 3. The van der Waals surface area contributed by atoms with Crippen LogP contribution in [0.1, 0.15) is 11.4 Å². The first kappa shape index (κ1) is 13.1. The Morgan fingerprint density at radius 2 is 2.12 bits per heavy atom. The second-order valence-corrected chi connectivity index (χ2v) is 3.07. The lowest BCUT2D eigenvalue weighted by atomic mass is 10.2. The highest BCUT2D eigenvalue weighted by Crippen LogP contribution is 2.31. The van der Waals surface area contributed by atoms with Crippen LogP contribution in [0.25, 0.3) is 0 Å². The highest BCUT2D eigenvalue weighted by Gasteiger charge is 2.33. The minimum absolute atomic E-state index is 0.0660. The highest BCUT2D eigenvalue weighted by atomic mass is 19.4. The summed E-state index contributed by atoms with van der Waals surface area (Å²) in [5.41, 5.74) is 10.5. The van der Waals surface area contributed by atoms with Crippen LogP contribution in [0.2, 0.25) is 0 Å². The zero-order valence-corrected chi connectivity index (χ0v) is 8.58. The zero-order valence-electron chi connectivity index (χ0n) is 8.58. The van der Waals surface area contributed by atoms with E-state index >= 15 is 0 Å². The topological polar surface area (TPSA) is 98.0 Å². The van der Waals surface area contributed by atoms with Gasteiger partial charge in [-0.25, -0.2) is 0 Å². The third kappa shape index (κ3) is 3.49. The van der Waals surface area contributed by atoms with Crippen molar-refractivity contribution in [3.8, 4) is 11.8 Å². The van der Waals surface area contributed by atoms with Crippen LogP contribution in [0.3, 0.4) is 0 Å². The number of nitrogen functional groups attached to an aromatic ring is 1. The van der Waals surface area contributed by atoms with Gasteiger partial charge in [0.15, 0.2) is 5.75 Å². The van der Waals surface area contributed by atoms with Crippen LogP contribution in [0.5, 0.6) is 5.75 Å². The smallest absolute Gasteiger partial charge is 0.402 e. The summed E-state index contributed by atoms with van der Waals surface area (Å²) in [6.07, 6.45) is -4.93. The summed E-state index contributed by atoms with van der Waals surface area (Å²) in [5, 5.41) is 8.46. The van der Waals surface area contributed by atoms with Gasteiger partial charge in [-0.15, -0.1) is 13.2 Å². The lowest BCUT2D eigenvalue weighted by Crippen LogP contribution is -2.20. The Morgan fingerprint density at radius 3 is 2.59 bits per heavy atom. The second kappa shape index (κ2) is 4.88. The zero-order chi connectivity index (χ0) is 13.1. The van der Waals surface area contributed by atoms with E-state index in [9.17, 15) is 13.2 Å². The molecule has 0 spiro atoms. The number of nitrogens with two attached hydrogens (primary N) is 2. The fourth-order valence-electron chi connectivity index (χ4n) is 1.21. The van der Waals surface area contributed by atoms with E-state index in [2.05, 4.69) is 9.72 Å². The van der Waals surface area contributed by atoms with E-state index in [0.717, 1.165) is 6.07 Å². The molecule has 0 radical (unpaired) electrons. The van der Waals surface area contributed by atoms with Crippen LogP contribution < -0.4 is 16.2 Å². The molecule has 0 aromatic carbocycles. The maximum absolute atomic E-state index is 12.1. The second-order valence-electron chi connectivity index (χ2n) is 3.07. The molecule has 1 aromatic rings. The van der Waals surface area contributed by atoms with Crippen molar-refractivity contribution in [2.75, 3.05) is 5.73 Å². The molecule has 17 heavy (non-hydrogen) atoms. The number of ether oxygens (including phenoxy) is 1. The molecule has 1 heterocycles. The Bertz CT molecular complexity index is 453. The molecule has 4 N–H and O–H groups in total. The molecule has 5 nitrogen and oxygen atoms in total. The van der Waals surface area contributed by atoms with Crippen LogP contribution in [0, 0.1) is 11.3 Å². The minimum Gasteiger partial charge on any atom is -0.402 e. The molecular formula is C9H9F3N4O. The Kier molecular flexibility index (Phi) is 3.75. The van der Waals surface area contributed by atoms with E-state index in [1.807, 2.05) is 6.07 Å². The molecule has 0 aliphatic carbocycles. The number of pyridine rings is 1. The monoisotopic (exact) mass is 246 g/mol. The normalized spacial score (nSPS) is 11.0. The Balaban J connectivity index is 3.17. The van der Waals surface area contributed by atoms with E-state index < -0.39 is 12.1 Å². The average molecular weight is 246 g/mol. The summed E-state index contributed by atoms with van der Waals surface area (Å²) in [5.74, 6) is -0.610. The Morgan fingerprint density at radius 1 is 1.47 bits per heavy atom. The number of nitrogens with zero attached hydrogens (tertiary/aromatic N) is 2. The number of hydrogen-bond donors (Lipinski definition) is 2. The van der Waals surface area contributed by atoms with Crippen molar-refractivity contribution in [2.24, 2.45) is 5.73 Å². The Labute approximate surface area is 94.8 Å². The van der Waals surface area contributed by atoms with Crippen molar-refractivity contribution in [3.63, 3.8) is 0 Å². The third-order valence-corrected chi connectivity index (χ3v) is 1.80. The number of hydrogen-bond acceptors (Lipinski definition) is 5.